The summed E-state index contributed by atoms with van der Waals surface area (Å²) in [4.78, 5) is 14.3. The summed E-state index contributed by atoms with van der Waals surface area (Å²) in [5.41, 5.74) is 3.17. The Labute approximate surface area is 112 Å². The number of amides is 1. The molecule has 1 fully saturated rings. The van der Waals surface area contributed by atoms with Gasteiger partial charge in [-0.2, -0.15) is 0 Å². The van der Waals surface area contributed by atoms with Gasteiger partial charge in [0.2, 0.25) is 0 Å². The van der Waals surface area contributed by atoms with E-state index in [2.05, 4.69) is 29.4 Å². The summed E-state index contributed by atoms with van der Waals surface area (Å²) in [6.45, 7) is 2.27. The molecule has 1 atom stereocenters. The number of nitrogens with zero attached hydrogens (tertiary/aromatic N) is 1. The second-order valence-electron chi connectivity index (χ2n) is 5.63. The minimum atomic E-state index is 0.0290. The molecule has 1 unspecified atom stereocenters. The minimum Gasteiger partial charge on any atom is -0.321 e. The summed E-state index contributed by atoms with van der Waals surface area (Å²) < 4.78 is 0. The number of anilines is 1. The van der Waals surface area contributed by atoms with E-state index in [0.29, 0.717) is 5.92 Å². The van der Waals surface area contributed by atoms with Gasteiger partial charge in [0, 0.05) is 23.2 Å². The molecule has 4 rings (SSSR count). The smallest absolute Gasteiger partial charge is 0.256 e. The van der Waals surface area contributed by atoms with E-state index >= 15 is 0 Å². The second-order valence-corrected chi connectivity index (χ2v) is 5.63. The van der Waals surface area contributed by atoms with E-state index in [1.165, 1.54) is 17.4 Å². The fraction of sp³-hybridized carbons (Fsp3) is 0.312. The average molecular weight is 252 g/mol. The Morgan fingerprint density at radius 2 is 2.16 bits per heavy atom. The van der Waals surface area contributed by atoms with Gasteiger partial charge in [-0.1, -0.05) is 18.2 Å². The van der Waals surface area contributed by atoms with Crippen molar-refractivity contribution in [3.63, 3.8) is 0 Å². The van der Waals surface area contributed by atoms with E-state index in [0.717, 1.165) is 29.7 Å². The van der Waals surface area contributed by atoms with Crippen LogP contribution in [0.15, 0.2) is 30.3 Å². The normalized spacial score (nSPS) is 22.2. The number of hydrogen-bond acceptors (Lipinski definition) is 2. The van der Waals surface area contributed by atoms with Gasteiger partial charge in [-0.25, -0.2) is 0 Å². The van der Waals surface area contributed by atoms with Crippen molar-refractivity contribution in [2.75, 3.05) is 25.5 Å². The van der Waals surface area contributed by atoms with E-state index < -0.39 is 0 Å². The third kappa shape index (κ3) is 1.51. The summed E-state index contributed by atoms with van der Waals surface area (Å²) in [6, 6.07) is 10.3. The lowest BCUT2D eigenvalue weighted by Crippen LogP contribution is -2.13. The van der Waals surface area contributed by atoms with Crippen molar-refractivity contribution in [1.29, 1.82) is 0 Å². The SMILES string of the molecule is CN1CCC(c2ccc3c4c(cccc24)NC3=O)C1. The van der Waals surface area contributed by atoms with Crippen LogP contribution in [0, 0.1) is 0 Å². The zero-order chi connectivity index (χ0) is 13.0. The molecule has 2 aliphatic rings. The number of benzene rings is 2. The topological polar surface area (TPSA) is 32.3 Å². The van der Waals surface area contributed by atoms with Crippen LogP contribution in [0.5, 0.6) is 0 Å². The van der Waals surface area contributed by atoms with Gasteiger partial charge in [-0.15, -0.1) is 0 Å². The molecular formula is C16H16N2O. The van der Waals surface area contributed by atoms with E-state index in [4.69, 9.17) is 0 Å². The van der Waals surface area contributed by atoms with Gasteiger partial charge < -0.3 is 10.2 Å². The molecule has 1 saturated heterocycles. The van der Waals surface area contributed by atoms with Crippen LogP contribution in [0.1, 0.15) is 28.3 Å². The highest BCUT2D eigenvalue weighted by Crippen LogP contribution is 2.39. The highest BCUT2D eigenvalue weighted by Gasteiger charge is 2.27. The highest BCUT2D eigenvalue weighted by atomic mass is 16.1. The maximum Gasteiger partial charge on any atom is 0.256 e. The third-order valence-electron chi connectivity index (χ3n) is 4.40. The molecule has 3 heteroatoms. The van der Waals surface area contributed by atoms with Gasteiger partial charge in [0.25, 0.3) is 5.91 Å². The lowest BCUT2D eigenvalue weighted by atomic mass is 9.91. The van der Waals surface area contributed by atoms with Crippen LogP contribution in [-0.4, -0.2) is 30.9 Å². The summed E-state index contributed by atoms with van der Waals surface area (Å²) in [7, 11) is 2.17. The van der Waals surface area contributed by atoms with E-state index in [1.54, 1.807) is 0 Å². The molecule has 2 heterocycles. The second kappa shape index (κ2) is 3.81. The number of nitrogens with one attached hydrogen (secondary N) is 1. The van der Waals surface area contributed by atoms with Gasteiger partial charge in [-0.05, 0) is 49.0 Å². The lowest BCUT2D eigenvalue weighted by molar-refractivity contribution is 0.103. The molecule has 1 N–H and O–H groups in total. The van der Waals surface area contributed by atoms with Crippen LogP contribution >= 0.6 is 0 Å². The van der Waals surface area contributed by atoms with Crippen LogP contribution in [0.2, 0.25) is 0 Å². The van der Waals surface area contributed by atoms with Crippen molar-refractivity contribution in [2.45, 2.75) is 12.3 Å². The lowest BCUT2D eigenvalue weighted by Gasteiger charge is -2.14. The monoisotopic (exact) mass is 252 g/mol. The van der Waals surface area contributed by atoms with Gasteiger partial charge >= 0.3 is 0 Å². The molecule has 0 saturated carbocycles. The average Bonchev–Trinajstić information content (AvgIpc) is 2.96. The zero-order valence-electron chi connectivity index (χ0n) is 10.9. The van der Waals surface area contributed by atoms with Crippen molar-refractivity contribution in [1.82, 2.24) is 4.90 Å². The number of likely N-dealkylation sites (tertiary alicyclic amines) is 1. The molecule has 0 bridgehead atoms. The Balaban J connectivity index is 1.95. The molecule has 96 valence electrons. The molecule has 19 heavy (non-hydrogen) atoms. The molecule has 2 aromatic rings. The fourth-order valence-corrected chi connectivity index (χ4v) is 3.46. The molecule has 0 radical (unpaired) electrons. The number of likely N-dealkylation sites (N-methyl/N-ethyl adjacent to an activating group) is 1. The maximum atomic E-state index is 11.9. The van der Waals surface area contributed by atoms with Crippen LogP contribution in [-0.2, 0) is 0 Å². The van der Waals surface area contributed by atoms with Gasteiger partial charge in [-0.3, -0.25) is 4.79 Å². The maximum absolute atomic E-state index is 11.9. The van der Waals surface area contributed by atoms with Gasteiger partial charge in [0.1, 0.15) is 0 Å². The number of carbonyl (C=O) groups excluding carboxylic acids is 1. The van der Waals surface area contributed by atoms with E-state index in [-0.39, 0.29) is 5.91 Å². The summed E-state index contributed by atoms with van der Waals surface area (Å²) >= 11 is 0. The molecule has 0 aromatic heterocycles. The first-order valence-corrected chi connectivity index (χ1v) is 6.79. The first kappa shape index (κ1) is 11.0. The van der Waals surface area contributed by atoms with Crippen LogP contribution in [0.4, 0.5) is 5.69 Å². The third-order valence-corrected chi connectivity index (χ3v) is 4.40. The van der Waals surface area contributed by atoms with Crippen LogP contribution in [0.3, 0.4) is 0 Å². The van der Waals surface area contributed by atoms with E-state index in [9.17, 15) is 4.79 Å². The van der Waals surface area contributed by atoms with Crippen molar-refractivity contribution in [3.8, 4) is 0 Å². The van der Waals surface area contributed by atoms with Crippen molar-refractivity contribution >= 4 is 22.4 Å². The zero-order valence-corrected chi connectivity index (χ0v) is 10.9. The molecule has 3 nitrogen and oxygen atoms in total. The number of hydrogen-bond donors (Lipinski definition) is 1. The largest absolute Gasteiger partial charge is 0.321 e. The predicted octanol–water partition coefficient (Wildman–Crippen LogP) is 2.82. The summed E-state index contributed by atoms with van der Waals surface area (Å²) in [5.74, 6) is 0.617. The molecule has 1 amide bonds. The fourth-order valence-electron chi connectivity index (χ4n) is 3.46. The quantitative estimate of drug-likeness (QED) is 0.846. The molecule has 0 spiro atoms. The highest BCUT2D eigenvalue weighted by molar-refractivity contribution is 6.24. The molecule has 2 aromatic carbocycles. The Hall–Kier alpha value is -1.87. The summed E-state index contributed by atoms with van der Waals surface area (Å²) in [5, 5.41) is 5.30. The first-order valence-electron chi connectivity index (χ1n) is 6.79. The Bertz CT molecular complexity index is 692. The Morgan fingerprint density at radius 1 is 1.26 bits per heavy atom. The van der Waals surface area contributed by atoms with Crippen LogP contribution < -0.4 is 5.32 Å². The summed E-state index contributed by atoms with van der Waals surface area (Å²) in [6.07, 6.45) is 1.20. The number of rotatable bonds is 1. The van der Waals surface area contributed by atoms with Gasteiger partial charge in [0.05, 0.1) is 0 Å². The van der Waals surface area contributed by atoms with Crippen molar-refractivity contribution < 1.29 is 4.79 Å². The number of carbonyl (C=O) groups is 1. The first-order chi connectivity index (χ1) is 9.24. The van der Waals surface area contributed by atoms with E-state index in [1.807, 2.05) is 18.2 Å². The molecule has 2 aliphatic heterocycles. The Morgan fingerprint density at radius 3 is 2.95 bits per heavy atom. The molecular weight excluding hydrogens is 236 g/mol. The van der Waals surface area contributed by atoms with Crippen molar-refractivity contribution in [2.24, 2.45) is 0 Å². The predicted molar refractivity (Wildman–Crippen MR) is 76.8 cm³/mol. The standard InChI is InChI=1S/C16H16N2O/c1-18-8-7-10(9-18)11-5-6-13-15-12(11)3-2-4-14(15)17-16(13)19/h2-6,10H,7-9H2,1H3,(H,17,19). The molecule has 0 aliphatic carbocycles. The van der Waals surface area contributed by atoms with Gasteiger partial charge in [0.15, 0.2) is 0 Å². The van der Waals surface area contributed by atoms with Crippen LogP contribution in [0.25, 0.3) is 10.8 Å². The van der Waals surface area contributed by atoms with Crippen molar-refractivity contribution in [3.05, 3.63) is 41.5 Å². The Kier molecular flexibility index (Phi) is 2.21. The minimum absolute atomic E-state index is 0.0290.